The maximum atomic E-state index is 12.7. The number of carboxylic acid groups (broad SMARTS) is 1. The largest absolute Gasteiger partial charge is 0.480 e. The second-order valence-corrected chi connectivity index (χ2v) is 7.26. The molecule has 0 bridgehead atoms. The van der Waals surface area contributed by atoms with Crippen LogP contribution in [0.2, 0.25) is 0 Å². The highest BCUT2D eigenvalue weighted by molar-refractivity contribution is 7.95. The van der Waals surface area contributed by atoms with Crippen LogP contribution in [0.4, 0.5) is 4.79 Å². The smallest absolute Gasteiger partial charge is 0.415 e. The second-order valence-electron chi connectivity index (χ2n) is 5.39. The molecule has 0 aromatic heterocycles. The third kappa shape index (κ3) is 2.81. The van der Waals surface area contributed by atoms with E-state index in [2.05, 4.69) is 4.74 Å². The van der Waals surface area contributed by atoms with Gasteiger partial charge in [-0.25, -0.2) is 18.0 Å². The van der Waals surface area contributed by atoms with Crippen molar-refractivity contribution in [2.45, 2.75) is 24.8 Å². The van der Waals surface area contributed by atoms with Gasteiger partial charge in [0, 0.05) is 0 Å². The van der Waals surface area contributed by atoms with Crippen molar-refractivity contribution >= 4 is 28.0 Å². The number of benzene rings is 1. The lowest BCUT2D eigenvalue weighted by atomic mass is 10.0. The van der Waals surface area contributed by atoms with Gasteiger partial charge < -0.3 is 9.84 Å². The molecule has 0 saturated heterocycles. The Hall–Kier alpha value is -2.35. The number of amides is 1. The summed E-state index contributed by atoms with van der Waals surface area (Å²) >= 11 is 0. The van der Waals surface area contributed by atoms with E-state index in [1.165, 1.54) is 12.1 Å². The Labute approximate surface area is 134 Å². The molecule has 124 valence electrons. The van der Waals surface area contributed by atoms with E-state index in [-0.39, 0.29) is 9.92 Å². The maximum absolute atomic E-state index is 12.7. The molecule has 8 heteroatoms. The fourth-order valence-electron chi connectivity index (χ4n) is 2.50. The Balaban J connectivity index is 2.63. The highest BCUT2D eigenvalue weighted by Gasteiger charge is 2.43. The summed E-state index contributed by atoms with van der Waals surface area (Å²) in [5.41, 5.74) is 0.407. The van der Waals surface area contributed by atoms with Gasteiger partial charge in [0.15, 0.2) is 0 Å². The monoisotopic (exact) mass is 339 g/mol. The first-order chi connectivity index (χ1) is 10.7. The van der Waals surface area contributed by atoms with Crippen molar-refractivity contribution in [2.75, 3.05) is 7.11 Å². The molecular weight excluding hydrogens is 322 g/mol. The first kappa shape index (κ1) is 17.0. The van der Waals surface area contributed by atoms with E-state index >= 15 is 0 Å². The molecule has 0 unspecified atom stereocenters. The molecule has 1 atom stereocenters. The Morgan fingerprint density at radius 2 is 1.83 bits per heavy atom. The summed E-state index contributed by atoms with van der Waals surface area (Å²) < 4.78 is 30.0. The Morgan fingerprint density at radius 1 is 1.22 bits per heavy atom. The first-order valence-corrected chi connectivity index (χ1v) is 8.36. The third-order valence-electron chi connectivity index (χ3n) is 3.53. The quantitative estimate of drug-likeness (QED) is 0.900. The number of methoxy groups -OCH3 is 1. The number of fused-ring (bicyclic) bond motifs is 1. The number of ether oxygens (including phenoxy) is 1. The molecule has 0 saturated carbocycles. The minimum absolute atomic E-state index is 0.0387. The first-order valence-electron chi connectivity index (χ1n) is 6.87. The number of sulfone groups is 1. The lowest BCUT2D eigenvalue weighted by molar-refractivity contribution is -0.143. The molecule has 1 heterocycles. The molecule has 0 spiro atoms. The summed E-state index contributed by atoms with van der Waals surface area (Å²) in [6.07, 6.45) is 0.258. The van der Waals surface area contributed by atoms with Crippen molar-refractivity contribution < 1.29 is 27.9 Å². The zero-order valence-corrected chi connectivity index (χ0v) is 13.7. The number of carboxylic acids is 1. The average molecular weight is 339 g/mol. The van der Waals surface area contributed by atoms with Gasteiger partial charge in [-0.05, 0) is 23.6 Å². The summed E-state index contributed by atoms with van der Waals surface area (Å²) in [4.78, 5) is 24.4. The number of carbonyl (C=O) groups is 2. The lowest BCUT2D eigenvalue weighted by Crippen LogP contribution is -2.48. The summed E-state index contributed by atoms with van der Waals surface area (Å²) in [6.45, 7) is 3.17. The topological polar surface area (TPSA) is 101 Å². The maximum Gasteiger partial charge on any atom is 0.415 e. The molecule has 1 aromatic rings. The van der Waals surface area contributed by atoms with E-state index in [9.17, 15) is 23.1 Å². The van der Waals surface area contributed by atoms with Crippen LogP contribution in [0.25, 0.3) is 6.08 Å². The van der Waals surface area contributed by atoms with E-state index < -0.39 is 33.9 Å². The van der Waals surface area contributed by atoms with Crippen molar-refractivity contribution in [1.29, 1.82) is 0 Å². The van der Waals surface area contributed by atoms with Crippen LogP contribution in [0.5, 0.6) is 0 Å². The predicted octanol–water partition coefficient (Wildman–Crippen LogP) is 1.95. The van der Waals surface area contributed by atoms with E-state index in [0.717, 1.165) is 7.11 Å². The van der Waals surface area contributed by atoms with Gasteiger partial charge in [0.25, 0.3) is 0 Å². The third-order valence-corrected chi connectivity index (χ3v) is 5.35. The van der Waals surface area contributed by atoms with Gasteiger partial charge in [-0.3, -0.25) is 4.90 Å². The van der Waals surface area contributed by atoms with Crippen LogP contribution < -0.4 is 0 Å². The van der Waals surface area contributed by atoms with Gasteiger partial charge >= 0.3 is 12.1 Å². The van der Waals surface area contributed by atoms with Crippen LogP contribution >= 0.6 is 0 Å². The zero-order valence-electron chi connectivity index (χ0n) is 12.9. The van der Waals surface area contributed by atoms with Gasteiger partial charge in [-0.15, -0.1) is 0 Å². The molecular formula is C15H17NO6S. The van der Waals surface area contributed by atoms with Crippen molar-refractivity contribution in [2.24, 2.45) is 5.92 Å². The fourth-order valence-corrected chi connectivity index (χ4v) is 4.15. The molecule has 1 N–H and O–H groups in total. The van der Waals surface area contributed by atoms with Crippen LogP contribution in [0.3, 0.4) is 0 Å². The summed E-state index contributed by atoms with van der Waals surface area (Å²) in [5, 5.41) is 9.05. The van der Waals surface area contributed by atoms with Crippen LogP contribution in [-0.2, 0) is 19.4 Å². The Kier molecular flexibility index (Phi) is 4.46. The molecule has 23 heavy (non-hydrogen) atoms. The van der Waals surface area contributed by atoms with Gasteiger partial charge in [0.2, 0.25) is 9.84 Å². The van der Waals surface area contributed by atoms with E-state index in [1.807, 2.05) is 0 Å². The molecule has 1 aliphatic rings. The molecule has 1 amide bonds. The average Bonchev–Trinajstić information content (AvgIpc) is 2.74. The van der Waals surface area contributed by atoms with Gasteiger partial charge in [-0.1, -0.05) is 32.0 Å². The minimum atomic E-state index is -3.99. The molecule has 0 radical (unpaired) electrons. The van der Waals surface area contributed by atoms with Crippen LogP contribution in [0.1, 0.15) is 19.4 Å². The SMILES string of the molecule is COC(=O)N(C1=Cc2ccccc2S1(=O)=O)[C@H](C(=O)O)C(C)C. The Morgan fingerprint density at radius 3 is 2.30 bits per heavy atom. The minimum Gasteiger partial charge on any atom is -0.480 e. The lowest BCUT2D eigenvalue weighted by Gasteiger charge is -2.30. The Bertz CT molecular complexity index is 781. The standard InChI is InChI=1S/C15H17NO6S/c1-9(2)13(14(17)18)16(15(19)22-3)12-8-10-6-4-5-7-11(10)23(12,20)21/h4-9,13H,1-3H3,(H,17,18)/t13-/m0/s1. The summed E-state index contributed by atoms with van der Waals surface area (Å²) in [6, 6.07) is 4.85. The van der Waals surface area contributed by atoms with E-state index in [0.29, 0.717) is 10.5 Å². The van der Waals surface area contributed by atoms with Crippen molar-refractivity contribution in [3.63, 3.8) is 0 Å². The summed E-state index contributed by atoms with van der Waals surface area (Å²) in [5.74, 6) is -1.83. The number of hydrogen-bond donors (Lipinski definition) is 1. The van der Waals surface area contributed by atoms with Gasteiger partial charge in [0.1, 0.15) is 11.1 Å². The van der Waals surface area contributed by atoms with Crippen LogP contribution in [0.15, 0.2) is 34.2 Å². The summed E-state index contributed by atoms with van der Waals surface area (Å²) in [7, 11) is -2.92. The van der Waals surface area contributed by atoms with Gasteiger partial charge in [-0.2, -0.15) is 0 Å². The van der Waals surface area contributed by atoms with E-state index in [1.54, 1.807) is 32.0 Å². The second kappa shape index (κ2) is 6.04. The molecule has 1 aliphatic heterocycles. The fraction of sp³-hybridized carbons (Fsp3) is 0.333. The molecule has 7 nitrogen and oxygen atoms in total. The number of nitrogens with zero attached hydrogens (tertiary/aromatic N) is 1. The van der Waals surface area contributed by atoms with Crippen molar-refractivity contribution in [3.05, 3.63) is 34.9 Å². The number of rotatable bonds is 4. The molecule has 0 fully saturated rings. The molecule has 2 rings (SSSR count). The predicted molar refractivity (Wildman–Crippen MR) is 82.1 cm³/mol. The highest BCUT2D eigenvalue weighted by Crippen LogP contribution is 2.36. The van der Waals surface area contributed by atoms with E-state index in [4.69, 9.17) is 0 Å². The zero-order chi connectivity index (χ0) is 17.4. The number of aliphatic carboxylic acids is 1. The van der Waals surface area contributed by atoms with Gasteiger partial charge in [0.05, 0.1) is 12.0 Å². The molecule has 1 aromatic carbocycles. The van der Waals surface area contributed by atoms with Crippen LogP contribution in [0, 0.1) is 5.92 Å². The van der Waals surface area contributed by atoms with Crippen molar-refractivity contribution in [1.82, 2.24) is 4.90 Å². The molecule has 0 aliphatic carbocycles. The van der Waals surface area contributed by atoms with Crippen molar-refractivity contribution in [3.8, 4) is 0 Å². The normalized spacial score (nSPS) is 16.4. The number of carbonyl (C=O) groups excluding carboxylic acids is 1. The van der Waals surface area contributed by atoms with Crippen LogP contribution in [-0.4, -0.2) is 43.6 Å². The highest BCUT2D eigenvalue weighted by atomic mass is 32.2. The number of hydrogen-bond acceptors (Lipinski definition) is 5.